The Kier molecular flexibility index (Phi) is 4.51. The molecule has 0 heterocycles. The summed E-state index contributed by atoms with van der Waals surface area (Å²) >= 11 is 0. The van der Waals surface area contributed by atoms with Crippen LogP contribution in [0.15, 0.2) is 48.5 Å². The Morgan fingerprint density at radius 3 is 2.12 bits per heavy atom. The summed E-state index contributed by atoms with van der Waals surface area (Å²) in [4.78, 5) is 23.3. The highest BCUT2D eigenvalue weighted by Gasteiger charge is 2.29. The van der Waals surface area contributed by atoms with E-state index in [-0.39, 0.29) is 12.5 Å². The first kappa shape index (κ1) is 16.1. The maximum absolute atomic E-state index is 11.9. The van der Waals surface area contributed by atoms with E-state index in [0.29, 0.717) is 0 Å². The van der Waals surface area contributed by atoms with E-state index in [1.165, 1.54) is 18.2 Å². The summed E-state index contributed by atoms with van der Waals surface area (Å²) in [6.07, 6.45) is -0.630. The Hall–Kier alpha value is -2.82. The predicted molar refractivity (Wildman–Crippen MR) is 89.7 cm³/mol. The number of carbonyl (C=O) groups excluding carboxylic acids is 2. The van der Waals surface area contributed by atoms with Crippen molar-refractivity contribution in [1.29, 1.82) is 0 Å². The van der Waals surface area contributed by atoms with E-state index in [9.17, 15) is 9.59 Å². The topological polar surface area (TPSA) is 64.6 Å². The zero-order valence-electron chi connectivity index (χ0n) is 13.6. The molecule has 0 radical (unpaired) electrons. The summed E-state index contributed by atoms with van der Waals surface area (Å²) in [5.74, 6) is -0.514. The molecule has 0 aliphatic heterocycles. The minimum absolute atomic E-state index is 0.00316. The van der Waals surface area contributed by atoms with Crippen LogP contribution in [0.1, 0.15) is 24.0 Å². The van der Waals surface area contributed by atoms with Crippen LogP contribution >= 0.6 is 0 Å². The van der Waals surface area contributed by atoms with Crippen molar-refractivity contribution in [3.63, 3.8) is 0 Å². The molecule has 5 heteroatoms. The Morgan fingerprint density at radius 2 is 1.58 bits per heavy atom. The molecule has 0 spiro atoms. The molecule has 1 amide bonds. The van der Waals surface area contributed by atoms with Crippen LogP contribution in [0.2, 0.25) is 0 Å². The Morgan fingerprint density at radius 1 is 1.04 bits per heavy atom. The lowest BCUT2D eigenvalue weighted by Gasteiger charge is -2.16. The highest BCUT2D eigenvalue weighted by Crippen LogP contribution is 2.44. The molecule has 2 aromatic carbocycles. The van der Waals surface area contributed by atoms with Gasteiger partial charge in [0.05, 0.1) is 7.11 Å². The number of alkyl carbamates (subject to hydrolysis) is 1. The molecule has 2 aromatic rings. The summed E-state index contributed by atoms with van der Waals surface area (Å²) in [6.45, 7) is 1.76. The normalized spacial score (nSPS) is 13.6. The molecule has 24 heavy (non-hydrogen) atoms. The molecule has 1 atom stereocenters. The van der Waals surface area contributed by atoms with Crippen LogP contribution in [-0.2, 0) is 14.3 Å². The number of amides is 1. The van der Waals surface area contributed by atoms with Crippen LogP contribution < -0.4 is 5.32 Å². The average molecular weight is 325 g/mol. The molecule has 3 rings (SSSR count). The minimum Gasteiger partial charge on any atom is -0.467 e. The third-order valence-corrected chi connectivity index (χ3v) is 4.23. The maximum Gasteiger partial charge on any atom is 0.407 e. The van der Waals surface area contributed by atoms with E-state index in [1.807, 2.05) is 24.3 Å². The van der Waals surface area contributed by atoms with E-state index in [0.717, 1.165) is 11.1 Å². The average Bonchev–Trinajstić information content (AvgIpc) is 2.93. The molecule has 0 bridgehead atoms. The molecular formula is C19H19NO4. The highest BCUT2D eigenvalue weighted by atomic mass is 16.6. The second kappa shape index (κ2) is 6.74. The Labute approximate surface area is 140 Å². The lowest BCUT2D eigenvalue weighted by Crippen LogP contribution is -2.39. The summed E-state index contributed by atoms with van der Waals surface area (Å²) in [6, 6.07) is 15.5. The first-order chi connectivity index (χ1) is 11.6. The molecule has 0 saturated carbocycles. The van der Waals surface area contributed by atoms with Crippen LogP contribution in [-0.4, -0.2) is 31.8 Å². The number of carbonyl (C=O) groups is 2. The largest absolute Gasteiger partial charge is 0.467 e. The van der Waals surface area contributed by atoms with Crippen LogP contribution in [0.25, 0.3) is 11.1 Å². The summed E-state index contributed by atoms with van der Waals surface area (Å²) < 4.78 is 9.92. The zero-order chi connectivity index (χ0) is 17.1. The standard InChI is InChI=1S/C19H19NO4/c1-12(18(21)23-2)20-19(22)24-11-17-15-9-5-3-7-13(15)14-8-4-6-10-16(14)17/h3-10,12,17H,11H2,1-2H3,(H,20,22). The third-order valence-electron chi connectivity index (χ3n) is 4.23. The molecule has 1 aliphatic rings. The van der Waals surface area contributed by atoms with Gasteiger partial charge in [-0.25, -0.2) is 9.59 Å². The predicted octanol–water partition coefficient (Wildman–Crippen LogP) is 3.09. The molecular weight excluding hydrogens is 306 g/mol. The van der Waals surface area contributed by atoms with Crippen molar-refractivity contribution in [2.24, 2.45) is 0 Å². The van der Waals surface area contributed by atoms with E-state index < -0.39 is 18.1 Å². The molecule has 5 nitrogen and oxygen atoms in total. The third kappa shape index (κ3) is 2.97. The van der Waals surface area contributed by atoms with Crippen molar-refractivity contribution < 1.29 is 19.1 Å². The SMILES string of the molecule is COC(=O)C(C)NC(=O)OCC1c2ccccc2-c2ccccc21. The summed E-state index contributed by atoms with van der Waals surface area (Å²) in [5, 5.41) is 2.47. The number of esters is 1. The number of hydrogen-bond acceptors (Lipinski definition) is 4. The molecule has 124 valence electrons. The van der Waals surface area contributed by atoms with Gasteiger partial charge in [-0.3, -0.25) is 0 Å². The quantitative estimate of drug-likeness (QED) is 0.877. The molecule has 1 unspecified atom stereocenters. The van der Waals surface area contributed by atoms with Crippen LogP contribution in [0, 0.1) is 0 Å². The smallest absolute Gasteiger partial charge is 0.407 e. The monoisotopic (exact) mass is 325 g/mol. The number of hydrogen-bond donors (Lipinski definition) is 1. The fraction of sp³-hybridized carbons (Fsp3) is 0.263. The van der Waals surface area contributed by atoms with Crippen molar-refractivity contribution in [2.45, 2.75) is 18.9 Å². The lowest BCUT2D eigenvalue weighted by molar-refractivity contribution is -0.142. The number of methoxy groups -OCH3 is 1. The van der Waals surface area contributed by atoms with E-state index in [4.69, 9.17) is 4.74 Å². The van der Waals surface area contributed by atoms with Gasteiger partial charge in [-0.15, -0.1) is 0 Å². The molecule has 0 aromatic heterocycles. The van der Waals surface area contributed by atoms with E-state index in [1.54, 1.807) is 6.92 Å². The van der Waals surface area contributed by atoms with Gasteiger partial charge in [0, 0.05) is 5.92 Å². The second-order valence-electron chi connectivity index (χ2n) is 5.71. The van der Waals surface area contributed by atoms with Gasteiger partial charge < -0.3 is 14.8 Å². The van der Waals surface area contributed by atoms with Gasteiger partial charge in [0.15, 0.2) is 0 Å². The summed E-state index contributed by atoms with van der Waals surface area (Å²) in [7, 11) is 1.28. The van der Waals surface area contributed by atoms with Crippen molar-refractivity contribution in [2.75, 3.05) is 13.7 Å². The number of fused-ring (bicyclic) bond motifs is 3. The second-order valence-corrected chi connectivity index (χ2v) is 5.71. The van der Waals surface area contributed by atoms with Gasteiger partial charge in [0.1, 0.15) is 12.6 Å². The molecule has 0 saturated heterocycles. The number of rotatable bonds is 4. The minimum atomic E-state index is -0.745. The van der Waals surface area contributed by atoms with Crippen molar-refractivity contribution in [3.05, 3.63) is 59.7 Å². The van der Waals surface area contributed by atoms with Crippen LogP contribution in [0.5, 0.6) is 0 Å². The van der Waals surface area contributed by atoms with Crippen LogP contribution in [0.4, 0.5) is 4.79 Å². The molecule has 0 fully saturated rings. The molecule has 1 N–H and O–H groups in total. The fourth-order valence-electron chi connectivity index (χ4n) is 3.05. The Bertz CT molecular complexity index is 726. The van der Waals surface area contributed by atoms with Gasteiger partial charge in [-0.2, -0.15) is 0 Å². The van der Waals surface area contributed by atoms with Gasteiger partial charge in [-0.05, 0) is 29.2 Å². The van der Waals surface area contributed by atoms with Gasteiger partial charge in [0.2, 0.25) is 0 Å². The van der Waals surface area contributed by atoms with Gasteiger partial charge in [-0.1, -0.05) is 48.5 Å². The first-order valence-electron chi connectivity index (χ1n) is 7.81. The number of nitrogens with one attached hydrogen (secondary N) is 1. The zero-order valence-corrected chi connectivity index (χ0v) is 13.6. The number of benzene rings is 2. The number of ether oxygens (including phenoxy) is 2. The van der Waals surface area contributed by atoms with Gasteiger partial charge >= 0.3 is 12.1 Å². The maximum atomic E-state index is 11.9. The fourth-order valence-corrected chi connectivity index (χ4v) is 3.05. The first-order valence-corrected chi connectivity index (χ1v) is 7.81. The highest BCUT2D eigenvalue weighted by molar-refractivity contribution is 5.81. The Balaban J connectivity index is 1.72. The summed E-state index contributed by atoms with van der Waals surface area (Å²) in [5.41, 5.74) is 4.63. The van der Waals surface area contributed by atoms with E-state index in [2.05, 4.69) is 34.3 Å². The lowest BCUT2D eigenvalue weighted by atomic mass is 9.98. The van der Waals surface area contributed by atoms with Crippen molar-refractivity contribution in [3.8, 4) is 11.1 Å². The van der Waals surface area contributed by atoms with Gasteiger partial charge in [0.25, 0.3) is 0 Å². The van der Waals surface area contributed by atoms with Crippen molar-refractivity contribution >= 4 is 12.1 Å². The van der Waals surface area contributed by atoms with Crippen LogP contribution in [0.3, 0.4) is 0 Å². The van der Waals surface area contributed by atoms with E-state index >= 15 is 0 Å². The molecule has 1 aliphatic carbocycles. The van der Waals surface area contributed by atoms with Crippen molar-refractivity contribution in [1.82, 2.24) is 5.32 Å².